The van der Waals surface area contributed by atoms with E-state index in [1.807, 2.05) is 0 Å². The van der Waals surface area contributed by atoms with Gasteiger partial charge in [-0.05, 0) is 23.8 Å². The molecule has 0 heterocycles. The average Bonchev–Trinajstić information content (AvgIpc) is 2.11. The van der Waals surface area contributed by atoms with E-state index in [4.69, 9.17) is 17.3 Å². The molecule has 1 aromatic rings. The third kappa shape index (κ3) is 2.65. The third-order valence-corrected chi connectivity index (χ3v) is 2.75. The average molecular weight is 285 g/mol. The molecule has 0 amide bonds. The fraction of sp³-hybridized carbons (Fsp3) is 0.333. The van der Waals surface area contributed by atoms with Gasteiger partial charge in [0.2, 0.25) is 6.43 Å². The molecular formula is C9H9BrClF2N. The standard InChI is InChI=1S/C9H9BrClF2N/c10-5-1-2-8(11)6(3-5)7(4-14)9(12)13/h1-3,7,9H,4,14H2. The van der Waals surface area contributed by atoms with E-state index in [1.54, 1.807) is 18.2 Å². The zero-order valence-corrected chi connectivity index (χ0v) is 9.52. The van der Waals surface area contributed by atoms with E-state index in [2.05, 4.69) is 15.9 Å². The Labute approximate surface area is 94.4 Å². The summed E-state index contributed by atoms with van der Waals surface area (Å²) in [5.41, 5.74) is 5.66. The van der Waals surface area contributed by atoms with Crippen molar-refractivity contribution in [2.45, 2.75) is 12.3 Å². The van der Waals surface area contributed by atoms with Crippen molar-refractivity contribution in [3.05, 3.63) is 33.3 Å². The van der Waals surface area contributed by atoms with Crippen LogP contribution < -0.4 is 5.73 Å². The van der Waals surface area contributed by atoms with Crippen molar-refractivity contribution in [2.24, 2.45) is 5.73 Å². The first-order valence-corrected chi connectivity index (χ1v) is 5.16. The Morgan fingerprint density at radius 1 is 1.43 bits per heavy atom. The fourth-order valence-corrected chi connectivity index (χ4v) is 1.80. The molecule has 78 valence electrons. The molecule has 5 heteroatoms. The van der Waals surface area contributed by atoms with Crippen LogP contribution in [0.15, 0.2) is 22.7 Å². The van der Waals surface area contributed by atoms with Crippen LogP contribution >= 0.6 is 27.5 Å². The molecule has 1 aromatic carbocycles. The molecule has 1 rings (SSSR count). The summed E-state index contributed by atoms with van der Waals surface area (Å²) in [6.07, 6.45) is -2.49. The summed E-state index contributed by atoms with van der Waals surface area (Å²) >= 11 is 9.00. The zero-order valence-electron chi connectivity index (χ0n) is 7.18. The summed E-state index contributed by atoms with van der Waals surface area (Å²) in [4.78, 5) is 0. The van der Waals surface area contributed by atoms with Gasteiger partial charge in [0.05, 0.1) is 5.92 Å². The minimum atomic E-state index is -2.49. The van der Waals surface area contributed by atoms with Gasteiger partial charge in [-0.1, -0.05) is 27.5 Å². The number of hydrogen-bond acceptors (Lipinski definition) is 1. The van der Waals surface area contributed by atoms with Gasteiger partial charge in [-0.2, -0.15) is 0 Å². The maximum Gasteiger partial charge on any atom is 0.246 e. The Morgan fingerprint density at radius 3 is 2.57 bits per heavy atom. The number of alkyl halides is 2. The lowest BCUT2D eigenvalue weighted by molar-refractivity contribution is 0.117. The summed E-state index contributed by atoms with van der Waals surface area (Å²) in [5.74, 6) is -1.00. The quantitative estimate of drug-likeness (QED) is 0.904. The summed E-state index contributed by atoms with van der Waals surface area (Å²) < 4.78 is 25.8. The highest BCUT2D eigenvalue weighted by atomic mass is 79.9. The smallest absolute Gasteiger partial charge is 0.246 e. The second-order valence-corrected chi connectivity index (χ2v) is 4.17. The highest BCUT2D eigenvalue weighted by molar-refractivity contribution is 9.10. The lowest BCUT2D eigenvalue weighted by Gasteiger charge is -2.15. The summed E-state index contributed by atoms with van der Waals surface area (Å²) in [6.45, 7) is -0.117. The van der Waals surface area contributed by atoms with E-state index in [0.717, 1.165) is 4.47 Å². The van der Waals surface area contributed by atoms with Gasteiger partial charge < -0.3 is 5.73 Å². The van der Waals surface area contributed by atoms with E-state index < -0.39 is 12.3 Å². The van der Waals surface area contributed by atoms with Crippen molar-refractivity contribution in [2.75, 3.05) is 6.54 Å². The maximum absolute atomic E-state index is 12.5. The minimum Gasteiger partial charge on any atom is -0.330 e. The Morgan fingerprint density at radius 2 is 2.07 bits per heavy atom. The van der Waals surface area contributed by atoms with Crippen LogP contribution in [0.5, 0.6) is 0 Å². The molecule has 1 atom stereocenters. The van der Waals surface area contributed by atoms with Gasteiger partial charge in [0.25, 0.3) is 0 Å². The van der Waals surface area contributed by atoms with Crippen LogP contribution in [-0.4, -0.2) is 13.0 Å². The third-order valence-electron chi connectivity index (χ3n) is 1.92. The van der Waals surface area contributed by atoms with Crippen molar-refractivity contribution in [3.63, 3.8) is 0 Å². The number of rotatable bonds is 3. The van der Waals surface area contributed by atoms with Gasteiger partial charge in [0.1, 0.15) is 0 Å². The SMILES string of the molecule is NCC(c1cc(Br)ccc1Cl)C(F)F. The van der Waals surface area contributed by atoms with Gasteiger partial charge in [-0.3, -0.25) is 0 Å². The van der Waals surface area contributed by atoms with E-state index in [1.165, 1.54) is 0 Å². The Hall–Kier alpha value is -0.190. The first-order valence-electron chi connectivity index (χ1n) is 3.99. The molecule has 0 aliphatic carbocycles. The van der Waals surface area contributed by atoms with Crippen molar-refractivity contribution in [1.82, 2.24) is 0 Å². The first kappa shape index (κ1) is 11.9. The highest BCUT2D eigenvalue weighted by Gasteiger charge is 2.23. The van der Waals surface area contributed by atoms with Crippen molar-refractivity contribution in [1.29, 1.82) is 0 Å². The molecule has 0 aromatic heterocycles. The van der Waals surface area contributed by atoms with E-state index in [9.17, 15) is 8.78 Å². The topological polar surface area (TPSA) is 26.0 Å². The second kappa shape index (κ2) is 5.05. The fourth-order valence-electron chi connectivity index (χ4n) is 1.16. The number of hydrogen-bond donors (Lipinski definition) is 1. The number of benzene rings is 1. The molecule has 0 saturated carbocycles. The van der Waals surface area contributed by atoms with Crippen LogP contribution in [0.3, 0.4) is 0 Å². The van der Waals surface area contributed by atoms with Gasteiger partial charge in [-0.25, -0.2) is 8.78 Å². The van der Waals surface area contributed by atoms with Gasteiger partial charge in [-0.15, -0.1) is 0 Å². The molecule has 0 bridgehead atoms. The normalized spacial score (nSPS) is 13.3. The van der Waals surface area contributed by atoms with Gasteiger partial charge >= 0.3 is 0 Å². The van der Waals surface area contributed by atoms with Crippen molar-refractivity contribution < 1.29 is 8.78 Å². The monoisotopic (exact) mass is 283 g/mol. The molecule has 0 radical (unpaired) electrons. The minimum absolute atomic E-state index is 0.117. The Balaban J connectivity index is 3.08. The molecular weight excluding hydrogens is 275 g/mol. The lowest BCUT2D eigenvalue weighted by atomic mass is 10.00. The molecule has 1 nitrogen and oxygen atoms in total. The van der Waals surface area contributed by atoms with E-state index in [-0.39, 0.29) is 6.54 Å². The number of nitrogens with two attached hydrogens (primary N) is 1. The molecule has 0 aliphatic rings. The second-order valence-electron chi connectivity index (χ2n) is 2.84. The molecule has 0 aliphatic heterocycles. The molecule has 0 saturated heterocycles. The lowest BCUT2D eigenvalue weighted by Crippen LogP contribution is -2.20. The van der Waals surface area contributed by atoms with Crippen LogP contribution in [0.4, 0.5) is 8.78 Å². The number of halogens is 4. The van der Waals surface area contributed by atoms with Crippen LogP contribution in [0.2, 0.25) is 5.02 Å². The Kier molecular flexibility index (Phi) is 4.29. The highest BCUT2D eigenvalue weighted by Crippen LogP contribution is 2.30. The van der Waals surface area contributed by atoms with Crippen LogP contribution in [0.25, 0.3) is 0 Å². The largest absolute Gasteiger partial charge is 0.330 e. The predicted octanol–water partition coefficient (Wildman–Crippen LogP) is 3.41. The van der Waals surface area contributed by atoms with Gasteiger partial charge in [0.15, 0.2) is 0 Å². The van der Waals surface area contributed by atoms with Crippen LogP contribution in [0.1, 0.15) is 11.5 Å². The molecule has 2 N–H and O–H groups in total. The van der Waals surface area contributed by atoms with Crippen LogP contribution in [0, 0.1) is 0 Å². The van der Waals surface area contributed by atoms with E-state index >= 15 is 0 Å². The maximum atomic E-state index is 12.5. The summed E-state index contributed by atoms with van der Waals surface area (Å²) in [7, 11) is 0. The van der Waals surface area contributed by atoms with Crippen molar-refractivity contribution in [3.8, 4) is 0 Å². The molecule has 0 fully saturated rings. The van der Waals surface area contributed by atoms with Crippen molar-refractivity contribution >= 4 is 27.5 Å². The first-order chi connectivity index (χ1) is 6.56. The Bertz CT molecular complexity index is 320. The zero-order chi connectivity index (χ0) is 10.7. The summed E-state index contributed by atoms with van der Waals surface area (Å²) in [5, 5.41) is 0.323. The molecule has 14 heavy (non-hydrogen) atoms. The molecule has 1 unspecified atom stereocenters. The van der Waals surface area contributed by atoms with E-state index in [0.29, 0.717) is 10.6 Å². The summed E-state index contributed by atoms with van der Waals surface area (Å²) in [6, 6.07) is 4.85. The molecule has 0 spiro atoms. The van der Waals surface area contributed by atoms with Gasteiger partial charge in [0, 0.05) is 16.0 Å². The van der Waals surface area contributed by atoms with Crippen LogP contribution in [-0.2, 0) is 0 Å². The predicted molar refractivity (Wildman–Crippen MR) is 57.0 cm³/mol.